The Balaban J connectivity index is 2.02. The van der Waals surface area contributed by atoms with Crippen molar-refractivity contribution in [1.82, 2.24) is 5.32 Å². The molecule has 0 aliphatic carbocycles. The van der Waals surface area contributed by atoms with E-state index >= 15 is 0 Å². The van der Waals surface area contributed by atoms with Crippen molar-refractivity contribution >= 4 is 23.6 Å². The predicted octanol–water partition coefficient (Wildman–Crippen LogP) is 2.30. The van der Waals surface area contributed by atoms with E-state index in [1.165, 1.54) is 0 Å². The van der Waals surface area contributed by atoms with Crippen LogP contribution in [-0.4, -0.2) is 40.1 Å². The van der Waals surface area contributed by atoms with Gasteiger partial charge in [0.2, 0.25) is 0 Å². The number of carboxylic acids is 1. The standard InChI is InChI=1S/C16H21NO4S/c1-11(2)21-9-12-3-5-13(6-4-12)14(18)17-16(15(19)20)7-8-22-10-16/h3-6,11H,7-10H2,1-2H3,(H,17,18)(H,19,20). The Morgan fingerprint density at radius 3 is 2.55 bits per heavy atom. The van der Waals surface area contributed by atoms with Crippen molar-refractivity contribution < 1.29 is 19.4 Å². The first-order valence-corrected chi connectivity index (χ1v) is 8.43. The molecule has 1 amide bonds. The highest BCUT2D eigenvalue weighted by Gasteiger charge is 2.43. The summed E-state index contributed by atoms with van der Waals surface area (Å²) in [7, 11) is 0. The lowest BCUT2D eigenvalue weighted by atomic mass is 9.98. The van der Waals surface area contributed by atoms with Crippen LogP contribution in [0.5, 0.6) is 0 Å². The molecule has 1 heterocycles. The first-order chi connectivity index (χ1) is 10.4. The molecule has 1 aromatic rings. The van der Waals surface area contributed by atoms with Crippen LogP contribution in [0.15, 0.2) is 24.3 Å². The molecule has 0 spiro atoms. The van der Waals surface area contributed by atoms with Gasteiger partial charge < -0.3 is 15.2 Å². The predicted molar refractivity (Wildman–Crippen MR) is 86.1 cm³/mol. The highest BCUT2D eigenvalue weighted by atomic mass is 32.2. The molecule has 1 saturated heterocycles. The van der Waals surface area contributed by atoms with Crippen LogP contribution < -0.4 is 5.32 Å². The molecule has 0 aromatic heterocycles. The molecule has 0 bridgehead atoms. The van der Waals surface area contributed by atoms with Crippen molar-refractivity contribution in [3.05, 3.63) is 35.4 Å². The van der Waals surface area contributed by atoms with Gasteiger partial charge in [0.1, 0.15) is 5.54 Å². The first-order valence-electron chi connectivity index (χ1n) is 7.27. The Labute approximate surface area is 134 Å². The number of benzene rings is 1. The molecule has 120 valence electrons. The molecule has 1 aliphatic rings. The molecule has 1 aliphatic heterocycles. The minimum Gasteiger partial charge on any atom is -0.479 e. The summed E-state index contributed by atoms with van der Waals surface area (Å²) < 4.78 is 5.50. The van der Waals surface area contributed by atoms with E-state index < -0.39 is 11.5 Å². The minimum atomic E-state index is -1.14. The molecule has 1 aromatic carbocycles. The summed E-state index contributed by atoms with van der Waals surface area (Å²) in [5.41, 5.74) is 0.307. The maximum Gasteiger partial charge on any atom is 0.330 e. The summed E-state index contributed by atoms with van der Waals surface area (Å²) in [5, 5.41) is 12.1. The van der Waals surface area contributed by atoms with E-state index in [2.05, 4.69) is 5.32 Å². The summed E-state index contributed by atoms with van der Waals surface area (Å²) in [4.78, 5) is 23.7. The zero-order valence-corrected chi connectivity index (χ0v) is 13.6. The third-order valence-electron chi connectivity index (χ3n) is 3.58. The smallest absolute Gasteiger partial charge is 0.330 e. The summed E-state index contributed by atoms with van der Waals surface area (Å²) in [6, 6.07) is 7.06. The Morgan fingerprint density at radius 1 is 1.36 bits per heavy atom. The molecule has 1 atom stereocenters. The maximum atomic E-state index is 12.3. The molecule has 0 radical (unpaired) electrons. The van der Waals surface area contributed by atoms with Crippen molar-refractivity contribution in [2.45, 2.75) is 38.5 Å². The fraction of sp³-hybridized carbons (Fsp3) is 0.500. The lowest BCUT2D eigenvalue weighted by Crippen LogP contribution is -2.54. The Kier molecular flexibility index (Phi) is 5.47. The number of carbonyl (C=O) groups is 2. The minimum absolute atomic E-state index is 0.151. The van der Waals surface area contributed by atoms with Gasteiger partial charge in [-0.15, -0.1) is 0 Å². The van der Waals surface area contributed by atoms with Crippen LogP contribution in [-0.2, 0) is 16.1 Å². The molecular formula is C16H21NO4S. The molecule has 2 N–H and O–H groups in total. The number of ether oxygens (including phenoxy) is 1. The third-order valence-corrected chi connectivity index (χ3v) is 4.77. The van der Waals surface area contributed by atoms with E-state index in [-0.39, 0.29) is 12.0 Å². The second kappa shape index (κ2) is 7.15. The molecule has 6 heteroatoms. The average Bonchev–Trinajstić information content (AvgIpc) is 2.95. The van der Waals surface area contributed by atoms with E-state index in [1.54, 1.807) is 23.9 Å². The fourth-order valence-electron chi connectivity index (χ4n) is 2.19. The summed E-state index contributed by atoms with van der Waals surface area (Å²) in [6.45, 7) is 4.43. The quantitative estimate of drug-likeness (QED) is 0.840. The van der Waals surface area contributed by atoms with Crippen LogP contribution in [0.3, 0.4) is 0 Å². The van der Waals surface area contributed by atoms with Gasteiger partial charge in [0.25, 0.3) is 5.91 Å². The highest BCUT2D eigenvalue weighted by Crippen LogP contribution is 2.28. The number of aliphatic carboxylic acids is 1. The van der Waals surface area contributed by atoms with Crippen molar-refractivity contribution in [3.63, 3.8) is 0 Å². The normalized spacial score (nSPS) is 21.0. The Hall–Kier alpha value is -1.53. The van der Waals surface area contributed by atoms with E-state index in [0.29, 0.717) is 24.3 Å². The molecule has 1 unspecified atom stereocenters. The number of nitrogens with one attached hydrogen (secondary N) is 1. The first kappa shape index (κ1) is 16.8. The van der Waals surface area contributed by atoms with Crippen LogP contribution in [0.25, 0.3) is 0 Å². The Morgan fingerprint density at radius 2 is 2.05 bits per heavy atom. The second-order valence-electron chi connectivity index (χ2n) is 5.70. The largest absolute Gasteiger partial charge is 0.479 e. The van der Waals surface area contributed by atoms with Crippen LogP contribution in [0.2, 0.25) is 0 Å². The van der Waals surface area contributed by atoms with Gasteiger partial charge in [-0.2, -0.15) is 11.8 Å². The number of carbonyl (C=O) groups excluding carboxylic acids is 1. The molecular weight excluding hydrogens is 302 g/mol. The lowest BCUT2D eigenvalue weighted by molar-refractivity contribution is -0.143. The van der Waals surface area contributed by atoms with E-state index in [4.69, 9.17) is 4.74 Å². The molecule has 2 rings (SSSR count). The third kappa shape index (κ3) is 4.01. The number of hydrogen-bond acceptors (Lipinski definition) is 4. The SMILES string of the molecule is CC(C)OCc1ccc(C(=O)NC2(C(=O)O)CCSC2)cc1. The van der Waals surface area contributed by atoms with E-state index in [0.717, 1.165) is 11.3 Å². The van der Waals surface area contributed by atoms with Crippen LogP contribution in [0.1, 0.15) is 36.2 Å². The van der Waals surface area contributed by atoms with Gasteiger partial charge in [0.05, 0.1) is 12.7 Å². The fourth-order valence-corrected chi connectivity index (χ4v) is 3.52. The van der Waals surface area contributed by atoms with E-state index in [9.17, 15) is 14.7 Å². The monoisotopic (exact) mass is 323 g/mol. The number of rotatable bonds is 6. The topological polar surface area (TPSA) is 75.6 Å². The van der Waals surface area contributed by atoms with Crippen LogP contribution in [0.4, 0.5) is 0 Å². The van der Waals surface area contributed by atoms with Gasteiger partial charge in [-0.3, -0.25) is 4.79 Å². The van der Waals surface area contributed by atoms with E-state index in [1.807, 2.05) is 26.0 Å². The van der Waals surface area contributed by atoms with Gasteiger partial charge in [0, 0.05) is 11.3 Å². The maximum absolute atomic E-state index is 12.3. The lowest BCUT2D eigenvalue weighted by Gasteiger charge is -2.24. The second-order valence-corrected chi connectivity index (χ2v) is 6.81. The molecule has 1 fully saturated rings. The molecule has 5 nitrogen and oxygen atoms in total. The van der Waals surface area contributed by atoms with Gasteiger partial charge in [-0.25, -0.2) is 4.79 Å². The van der Waals surface area contributed by atoms with Gasteiger partial charge in [-0.1, -0.05) is 12.1 Å². The zero-order valence-electron chi connectivity index (χ0n) is 12.8. The van der Waals surface area contributed by atoms with Gasteiger partial charge in [0.15, 0.2) is 0 Å². The summed E-state index contributed by atoms with van der Waals surface area (Å²) >= 11 is 1.55. The summed E-state index contributed by atoms with van der Waals surface area (Å²) in [5.74, 6) is -0.152. The Bertz CT molecular complexity index is 536. The zero-order chi connectivity index (χ0) is 16.2. The van der Waals surface area contributed by atoms with Crippen molar-refractivity contribution in [2.75, 3.05) is 11.5 Å². The van der Waals surface area contributed by atoms with Crippen molar-refractivity contribution in [1.29, 1.82) is 0 Å². The summed E-state index contributed by atoms with van der Waals surface area (Å²) in [6.07, 6.45) is 0.609. The van der Waals surface area contributed by atoms with Gasteiger partial charge in [-0.05, 0) is 43.7 Å². The van der Waals surface area contributed by atoms with Gasteiger partial charge >= 0.3 is 5.97 Å². The molecule has 0 saturated carbocycles. The van der Waals surface area contributed by atoms with Crippen molar-refractivity contribution in [2.24, 2.45) is 0 Å². The van der Waals surface area contributed by atoms with Crippen molar-refractivity contribution in [3.8, 4) is 0 Å². The molecule has 22 heavy (non-hydrogen) atoms. The van der Waals surface area contributed by atoms with Crippen LogP contribution >= 0.6 is 11.8 Å². The average molecular weight is 323 g/mol. The highest BCUT2D eigenvalue weighted by molar-refractivity contribution is 7.99. The number of carboxylic acid groups (broad SMARTS) is 1. The number of amides is 1. The number of hydrogen-bond donors (Lipinski definition) is 2. The van der Waals surface area contributed by atoms with Crippen LogP contribution in [0, 0.1) is 0 Å². The number of thioether (sulfide) groups is 1.